The largest absolute Gasteiger partial charge is 0.477 e. The molecule has 1 N–H and O–H groups in total. The quantitative estimate of drug-likeness (QED) is 0.839. The number of ether oxygens (including phenoxy) is 1. The summed E-state index contributed by atoms with van der Waals surface area (Å²) in [5.74, 6) is -5.09. The molecular formula is C13H14F2O5S. The third-order valence-corrected chi connectivity index (χ3v) is 5.10. The fourth-order valence-corrected chi connectivity index (χ4v) is 3.68. The molecule has 0 aliphatic carbocycles. The Morgan fingerprint density at radius 2 is 2.10 bits per heavy atom. The molecule has 0 saturated carbocycles. The number of rotatable bonds is 5. The Morgan fingerprint density at radius 3 is 2.67 bits per heavy atom. The first-order chi connectivity index (χ1) is 9.83. The van der Waals surface area contributed by atoms with E-state index in [0.717, 1.165) is 18.9 Å². The van der Waals surface area contributed by atoms with Crippen LogP contribution in [0.5, 0.6) is 0 Å². The highest BCUT2D eigenvalue weighted by Crippen LogP contribution is 2.24. The van der Waals surface area contributed by atoms with E-state index in [1.54, 1.807) is 0 Å². The van der Waals surface area contributed by atoms with E-state index in [4.69, 9.17) is 9.84 Å². The predicted molar refractivity (Wildman–Crippen MR) is 69.0 cm³/mol. The van der Waals surface area contributed by atoms with Gasteiger partial charge >= 0.3 is 5.97 Å². The average Bonchev–Trinajstić information content (AvgIpc) is 2.88. The number of aromatic carboxylic acids is 1. The Morgan fingerprint density at radius 1 is 1.38 bits per heavy atom. The number of hydrogen-bond donors (Lipinski definition) is 1. The Bertz CT molecular complexity index is 651. The lowest BCUT2D eigenvalue weighted by atomic mass is 10.2. The summed E-state index contributed by atoms with van der Waals surface area (Å²) in [7, 11) is -4.04. The molecule has 1 unspecified atom stereocenters. The number of benzene rings is 1. The summed E-state index contributed by atoms with van der Waals surface area (Å²) in [4.78, 5) is 10.0. The summed E-state index contributed by atoms with van der Waals surface area (Å²) in [6.45, 7) is 0.568. The van der Waals surface area contributed by atoms with E-state index in [9.17, 15) is 22.0 Å². The van der Waals surface area contributed by atoms with Crippen LogP contribution in [0.15, 0.2) is 17.0 Å². The topological polar surface area (TPSA) is 80.7 Å². The molecule has 0 bridgehead atoms. The molecule has 0 spiro atoms. The van der Waals surface area contributed by atoms with Crippen LogP contribution in [0.2, 0.25) is 0 Å². The molecule has 8 heteroatoms. The van der Waals surface area contributed by atoms with Crippen molar-refractivity contribution in [3.8, 4) is 0 Å². The van der Waals surface area contributed by atoms with Crippen molar-refractivity contribution in [1.82, 2.24) is 0 Å². The van der Waals surface area contributed by atoms with E-state index < -0.39 is 37.9 Å². The molecule has 1 aromatic rings. The van der Waals surface area contributed by atoms with Crippen LogP contribution in [0.25, 0.3) is 0 Å². The van der Waals surface area contributed by atoms with Gasteiger partial charge in [0.2, 0.25) is 0 Å². The Hall–Kier alpha value is -1.54. The Labute approximate surface area is 120 Å². The van der Waals surface area contributed by atoms with E-state index in [1.807, 2.05) is 0 Å². The van der Waals surface area contributed by atoms with E-state index >= 15 is 0 Å². The normalized spacial score (nSPS) is 18.9. The number of carbonyl (C=O) groups is 1. The van der Waals surface area contributed by atoms with Gasteiger partial charge < -0.3 is 9.84 Å². The first-order valence-electron chi connectivity index (χ1n) is 6.38. The first kappa shape index (κ1) is 15.8. The van der Waals surface area contributed by atoms with Crippen LogP contribution in [-0.4, -0.2) is 38.0 Å². The average molecular weight is 320 g/mol. The highest BCUT2D eigenvalue weighted by atomic mass is 32.2. The van der Waals surface area contributed by atoms with Crippen LogP contribution >= 0.6 is 0 Å². The van der Waals surface area contributed by atoms with E-state index in [0.29, 0.717) is 12.7 Å². The van der Waals surface area contributed by atoms with Crippen molar-refractivity contribution in [3.05, 3.63) is 29.3 Å². The standard InChI is InChI=1S/C13H14F2O5S/c14-9-3-4-10(12(15)11(9)13(16)17)21(18,19)7-5-8-2-1-6-20-8/h3-4,8H,1-2,5-7H2,(H,16,17). The summed E-state index contributed by atoms with van der Waals surface area (Å²) in [6, 6.07) is 1.40. The van der Waals surface area contributed by atoms with Crippen LogP contribution in [0.3, 0.4) is 0 Å². The summed E-state index contributed by atoms with van der Waals surface area (Å²) >= 11 is 0. The van der Waals surface area contributed by atoms with Gasteiger partial charge in [-0.25, -0.2) is 22.0 Å². The molecule has 1 fully saturated rings. The highest BCUT2D eigenvalue weighted by molar-refractivity contribution is 7.91. The zero-order valence-corrected chi connectivity index (χ0v) is 11.8. The maximum atomic E-state index is 13.9. The number of sulfone groups is 1. The number of carboxylic acid groups (broad SMARTS) is 1. The molecular weight excluding hydrogens is 306 g/mol. The minimum Gasteiger partial charge on any atom is -0.477 e. The SMILES string of the molecule is O=C(O)c1c(F)ccc(S(=O)(=O)CCC2CCCO2)c1F. The molecule has 0 amide bonds. The molecule has 0 aromatic heterocycles. The molecule has 21 heavy (non-hydrogen) atoms. The molecule has 1 aliphatic heterocycles. The maximum Gasteiger partial charge on any atom is 0.341 e. The van der Waals surface area contributed by atoms with E-state index in [2.05, 4.69) is 0 Å². The second-order valence-electron chi connectivity index (χ2n) is 4.78. The van der Waals surface area contributed by atoms with Crippen molar-refractivity contribution in [2.24, 2.45) is 0 Å². The van der Waals surface area contributed by atoms with Gasteiger partial charge in [-0.05, 0) is 31.4 Å². The molecule has 1 atom stereocenters. The van der Waals surface area contributed by atoms with Crippen molar-refractivity contribution in [1.29, 1.82) is 0 Å². The lowest BCUT2D eigenvalue weighted by Gasteiger charge is -2.11. The molecule has 5 nitrogen and oxygen atoms in total. The van der Waals surface area contributed by atoms with Gasteiger partial charge in [-0.15, -0.1) is 0 Å². The first-order valence-corrected chi connectivity index (χ1v) is 8.04. The summed E-state index contributed by atoms with van der Waals surface area (Å²) in [5, 5.41) is 8.74. The maximum absolute atomic E-state index is 13.9. The van der Waals surface area contributed by atoms with Gasteiger partial charge in [-0.3, -0.25) is 0 Å². The molecule has 1 aliphatic rings. The summed E-state index contributed by atoms with van der Waals surface area (Å²) < 4.78 is 56.7. The Balaban J connectivity index is 2.27. The fourth-order valence-electron chi connectivity index (χ4n) is 2.24. The molecule has 1 heterocycles. The van der Waals surface area contributed by atoms with E-state index in [-0.39, 0.29) is 18.3 Å². The third-order valence-electron chi connectivity index (χ3n) is 3.34. The molecule has 116 valence electrons. The van der Waals surface area contributed by atoms with Crippen LogP contribution in [0.4, 0.5) is 8.78 Å². The monoisotopic (exact) mass is 320 g/mol. The predicted octanol–water partition coefficient (Wildman–Crippen LogP) is 2.01. The highest BCUT2D eigenvalue weighted by Gasteiger charge is 2.28. The van der Waals surface area contributed by atoms with Crippen molar-refractivity contribution in [3.63, 3.8) is 0 Å². The van der Waals surface area contributed by atoms with Gasteiger partial charge in [0, 0.05) is 6.61 Å². The van der Waals surface area contributed by atoms with Gasteiger partial charge in [-0.2, -0.15) is 0 Å². The second kappa shape index (κ2) is 6.07. The zero-order chi connectivity index (χ0) is 15.6. The van der Waals surface area contributed by atoms with Crippen molar-refractivity contribution in [2.45, 2.75) is 30.3 Å². The van der Waals surface area contributed by atoms with Gasteiger partial charge in [-0.1, -0.05) is 0 Å². The van der Waals surface area contributed by atoms with Gasteiger partial charge in [0.1, 0.15) is 16.3 Å². The number of carboxylic acids is 1. The van der Waals surface area contributed by atoms with E-state index in [1.165, 1.54) is 0 Å². The van der Waals surface area contributed by atoms with Gasteiger partial charge in [0.05, 0.1) is 11.9 Å². The number of halogens is 2. The van der Waals surface area contributed by atoms with Gasteiger partial charge in [0.15, 0.2) is 15.7 Å². The number of hydrogen-bond acceptors (Lipinski definition) is 4. The molecule has 1 aromatic carbocycles. The van der Waals surface area contributed by atoms with Crippen LogP contribution in [0, 0.1) is 11.6 Å². The summed E-state index contributed by atoms with van der Waals surface area (Å²) in [5.41, 5.74) is -1.26. The molecule has 0 radical (unpaired) electrons. The smallest absolute Gasteiger partial charge is 0.341 e. The molecule has 1 saturated heterocycles. The van der Waals surface area contributed by atoms with Crippen molar-refractivity contribution >= 4 is 15.8 Å². The van der Waals surface area contributed by atoms with Crippen LogP contribution in [0.1, 0.15) is 29.6 Å². The fraction of sp³-hybridized carbons (Fsp3) is 0.462. The summed E-state index contributed by atoms with van der Waals surface area (Å²) in [6.07, 6.45) is 1.59. The Kier molecular flexibility index (Phi) is 4.58. The lowest BCUT2D eigenvalue weighted by molar-refractivity contribution is 0.0685. The molecule has 2 rings (SSSR count). The van der Waals surface area contributed by atoms with Crippen LogP contribution in [-0.2, 0) is 14.6 Å². The minimum absolute atomic E-state index is 0.192. The van der Waals surface area contributed by atoms with Crippen LogP contribution < -0.4 is 0 Å². The van der Waals surface area contributed by atoms with Gasteiger partial charge in [0.25, 0.3) is 0 Å². The van der Waals surface area contributed by atoms with Crippen molar-refractivity contribution in [2.75, 3.05) is 12.4 Å². The zero-order valence-electron chi connectivity index (χ0n) is 11.0. The van der Waals surface area contributed by atoms with Crippen molar-refractivity contribution < 1.29 is 31.8 Å². The second-order valence-corrected chi connectivity index (χ2v) is 6.86. The third kappa shape index (κ3) is 3.38. The minimum atomic E-state index is -4.04. The lowest BCUT2D eigenvalue weighted by Crippen LogP contribution is -2.17.